The highest BCUT2D eigenvalue weighted by atomic mass is 79.9. The van der Waals surface area contributed by atoms with E-state index in [2.05, 4.69) is 33.4 Å². The average molecular weight is 203 g/mol. The van der Waals surface area contributed by atoms with Crippen LogP contribution in [0.3, 0.4) is 0 Å². The molecule has 0 spiro atoms. The standard InChI is InChI=1S/C7H11BrN2/c8-10-5-4-9(6-10)7-2-1-3-7/h4-5,7H,1-3,6H2. The number of rotatable bonds is 1. The maximum atomic E-state index is 3.41. The molecule has 0 radical (unpaired) electrons. The molecule has 0 atom stereocenters. The smallest absolute Gasteiger partial charge is 0.100 e. The second kappa shape index (κ2) is 2.46. The summed E-state index contributed by atoms with van der Waals surface area (Å²) in [5.41, 5.74) is 0. The molecule has 1 saturated carbocycles. The quantitative estimate of drug-likeness (QED) is 0.600. The van der Waals surface area contributed by atoms with Gasteiger partial charge in [0.05, 0.1) is 16.1 Å². The first-order valence-corrected chi connectivity index (χ1v) is 4.44. The summed E-state index contributed by atoms with van der Waals surface area (Å²) in [6, 6.07) is 0.832. The average Bonchev–Trinajstić information content (AvgIpc) is 2.10. The van der Waals surface area contributed by atoms with Crippen molar-refractivity contribution in [2.45, 2.75) is 25.3 Å². The van der Waals surface area contributed by atoms with E-state index in [1.54, 1.807) is 0 Å². The minimum atomic E-state index is 0.832. The molecule has 0 saturated heterocycles. The van der Waals surface area contributed by atoms with Crippen LogP contribution >= 0.6 is 16.1 Å². The van der Waals surface area contributed by atoms with E-state index in [-0.39, 0.29) is 0 Å². The monoisotopic (exact) mass is 202 g/mol. The molecule has 0 unspecified atom stereocenters. The summed E-state index contributed by atoms with van der Waals surface area (Å²) in [5, 5.41) is 0. The number of halogens is 1. The zero-order valence-corrected chi connectivity index (χ0v) is 7.42. The molecule has 0 aromatic carbocycles. The van der Waals surface area contributed by atoms with Crippen LogP contribution in [0.4, 0.5) is 0 Å². The molecule has 2 nitrogen and oxygen atoms in total. The zero-order chi connectivity index (χ0) is 6.97. The van der Waals surface area contributed by atoms with Gasteiger partial charge in [-0.25, -0.2) is 0 Å². The van der Waals surface area contributed by atoms with Crippen LogP contribution in [0.1, 0.15) is 19.3 Å². The van der Waals surface area contributed by atoms with E-state index in [0.717, 1.165) is 12.7 Å². The third-order valence-electron chi connectivity index (χ3n) is 2.26. The number of hydrogen-bond donors (Lipinski definition) is 0. The van der Waals surface area contributed by atoms with Gasteiger partial charge in [-0.1, -0.05) is 0 Å². The van der Waals surface area contributed by atoms with Crippen molar-refractivity contribution in [2.75, 3.05) is 6.67 Å². The van der Waals surface area contributed by atoms with Crippen LogP contribution in [-0.2, 0) is 0 Å². The van der Waals surface area contributed by atoms with Crippen molar-refractivity contribution in [3.05, 3.63) is 12.4 Å². The van der Waals surface area contributed by atoms with Crippen LogP contribution in [0.5, 0.6) is 0 Å². The van der Waals surface area contributed by atoms with Crippen LogP contribution in [-0.4, -0.2) is 21.5 Å². The van der Waals surface area contributed by atoms with Crippen LogP contribution < -0.4 is 0 Å². The first-order chi connectivity index (χ1) is 4.86. The Bertz CT molecular complexity index is 154. The Labute approximate surface area is 69.8 Å². The van der Waals surface area contributed by atoms with Gasteiger partial charge in [-0.05, 0) is 19.3 Å². The second-order valence-corrected chi connectivity index (χ2v) is 3.85. The predicted molar refractivity (Wildman–Crippen MR) is 44.3 cm³/mol. The van der Waals surface area contributed by atoms with Gasteiger partial charge in [-0.3, -0.25) is 3.93 Å². The molecule has 1 aliphatic heterocycles. The van der Waals surface area contributed by atoms with E-state index in [4.69, 9.17) is 0 Å². The van der Waals surface area contributed by atoms with Crippen LogP contribution in [0, 0.1) is 0 Å². The molecule has 0 bridgehead atoms. The van der Waals surface area contributed by atoms with Crippen molar-refractivity contribution >= 4 is 16.1 Å². The summed E-state index contributed by atoms with van der Waals surface area (Å²) >= 11 is 3.41. The second-order valence-electron chi connectivity index (χ2n) is 2.94. The van der Waals surface area contributed by atoms with Gasteiger partial charge in [-0.2, -0.15) is 0 Å². The molecule has 1 heterocycles. The lowest BCUT2D eigenvalue weighted by atomic mass is 9.92. The third kappa shape index (κ3) is 1.03. The van der Waals surface area contributed by atoms with Crippen molar-refractivity contribution < 1.29 is 0 Å². The highest BCUT2D eigenvalue weighted by Crippen LogP contribution is 2.27. The fraction of sp³-hybridized carbons (Fsp3) is 0.714. The predicted octanol–water partition coefficient (Wildman–Crippen LogP) is 1.90. The maximum Gasteiger partial charge on any atom is 0.100 e. The van der Waals surface area contributed by atoms with Crippen LogP contribution in [0.15, 0.2) is 12.4 Å². The largest absolute Gasteiger partial charge is 0.355 e. The number of hydrogen-bond acceptors (Lipinski definition) is 2. The van der Waals surface area contributed by atoms with Gasteiger partial charge in [0, 0.05) is 18.4 Å². The van der Waals surface area contributed by atoms with E-state index in [9.17, 15) is 0 Å². The van der Waals surface area contributed by atoms with Gasteiger partial charge in [-0.15, -0.1) is 0 Å². The minimum Gasteiger partial charge on any atom is -0.355 e. The molecule has 10 heavy (non-hydrogen) atoms. The first-order valence-electron chi connectivity index (χ1n) is 3.73. The number of nitrogens with zero attached hydrogens (tertiary/aromatic N) is 2. The lowest BCUT2D eigenvalue weighted by Gasteiger charge is -2.34. The SMILES string of the molecule is BrN1C=CN(C2CCC2)C1. The van der Waals surface area contributed by atoms with Crippen molar-refractivity contribution in [3.8, 4) is 0 Å². The molecule has 2 aliphatic rings. The maximum absolute atomic E-state index is 3.41. The van der Waals surface area contributed by atoms with Crippen LogP contribution in [0.25, 0.3) is 0 Å². The van der Waals surface area contributed by atoms with E-state index < -0.39 is 0 Å². The molecule has 1 fully saturated rings. The minimum absolute atomic E-state index is 0.832. The summed E-state index contributed by atoms with van der Waals surface area (Å²) in [4.78, 5) is 2.39. The Morgan fingerprint density at radius 2 is 2.10 bits per heavy atom. The Morgan fingerprint density at radius 3 is 2.50 bits per heavy atom. The normalized spacial score (nSPS) is 25.7. The van der Waals surface area contributed by atoms with Gasteiger partial charge in [0.15, 0.2) is 0 Å². The Hall–Kier alpha value is -0.180. The fourth-order valence-electron chi connectivity index (χ4n) is 1.36. The van der Waals surface area contributed by atoms with E-state index >= 15 is 0 Å². The lowest BCUT2D eigenvalue weighted by molar-refractivity contribution is 0.177. The van der Waals surface area contributed by atoms with Gasteiger partial charge < -0.3 is 4.90 Å². The summed E-state index contributed by atoms with van der Waals surface area (Å²) < 4.78 is 2.03. The molecule has 3 heteroatoms. The Kier molecular flexibility index (Phi) is 1.60. The summed E-state index contributed by atoms with van der Waals surface area (Å²) in [7, 11) is 0. The molecular weight excluding hydrogens is 192 g/mol. The summed E-state index contributed by atoms with van der Waals surface area (Å²) in [6.07, 6.45) is 8.41. The van der Waals surface area contributed by atoms with Crippen molar-refractivity contribution in [1.82, 2.24) is 8.83 Å². The zero-order valence-electron chi connectivity index (χ0n) is 5.83. The highest BCUT2D eigenvalue weighted by Gasteiger charge is 2.25. The van der Waals surface area contributed by atoms with Gasteiger partial charge in [0.2, 0.25) is 0 Å². The van der Waals surface area contributed by atoms with Crippen molar-refractivity contribution in [2.24, 2.45) is 0 Å². The molecule has 0 aromatic rings. The van der Waals surface area contributed by atoms with Crippen molar-refractivity contribution in [3.63, 3.8) is 0 Å². The molecular formula is C7H11BrN2. The van der Waals surface area contributed by atoms with Crippen LogP contribution in [0.2, 0.25) is 0 Å². The molecule has 56 valence electrons. The molecule has 0 aromatic heterocycles. The van der Waals surface area contributed by atoms with Crippen molar-refractivity contribution in [1.29, 1.82) is 0 Å². The summed E-state index contributed by atoms with van der Waals surface area (Å²) in [5.74, 6) is 0. The Balaban J connectivity index is 1.89. The molecule has 0 N–H and O–H groups in total. The van der Waals surface area contributed by atoms with Gasteiger partial charge in [0.1, 0.15) is 6.67 Å². The molecule has 0 amide bonds. The highest BCUT2D eigenvalue weighted by molar-refractivity contribution is 9.07. The molecule has 2 rings (SSSR count). The van der Waals surface area contributed by atoms with E-state index in [0.29, 0.717) is 0 Å². The Morgan fingerprint density at radius 1 is 1.30 bits per heavy atom. The fourth-order valence-corrected chi connectivity index (χ4v) is 1.73. The van der Waals surface area contributed by atoms with Gasteiger partial charge in [0.25, 0.3) is 0 Å². The lowest BCUT2D eigenvalue weighted by Crippen LogP contribution is -2.36. The van der Waals surface area contributed by atoms with E-state index in [1.165, 1.54) is 19.3 Å². The summed E-state index contributed by atoms with van der Waals surface area (Å²) in [6.45, 7) is 1.02. The third-order valence-corrected chi connectivity index (χ3v) is 2.72. The topological polar surface area (TPSA) is 6.48 Å². The first kappa shape index (κ1) is 6.53. The van der Waals surface area contributed by atoms with E-state index in [1.807, 2.05) is 3.93 Å². The van der Waals surface area contributed by atoms with Gasteiger partial charge >= 0.3 is 0 Å². The molecule has 1 aliphatic carbocycles.